The van der Waals surface area contributed by atoms with E-state index in [1.165, 1.54) is 6.07 Å². The summed E-state index contributed by atoms with van der Waals surface area (Å²) in [5.41, 5.74) is 0.281. The van der Waals surface area contributed by atoms with E-state index >= 15 is 0 Å². The molecule has 0 amide bonds. The molecule has 11 nitrogen and oxygen atoms in total. The van der Waals surface area contributed by atoms with Gasteiger partial charge in [0.1, 0.15) is 22.2 Å². The van der Waals surface area contributed by atoms with Gasteiger partial charge in [0.05, 0.1) is 9.79 Å². The van der Waals surface area contributed by atoms with E-state index < -0.39 is 36.0 Å². The SMILES string of the molecule is O=C(O)CCCCC[n+]1ccccc1-c1nc2c(o1)c(S(=O)(=O)[O-])cc1cc(S(=O)(=O)O)ccc12. The lowest BCUT2D eigenvalue weighted by Gasteiger charge is -2.09. The molecular weight excluding hydrogens is 500 g/mol. The van der Waals surface area contributed by atoms with Crippen molar-refractivity contribution in [3.63, 3.8) is 0 Å². The minimum absolute atomic E-state index is 0.0439. The number of carboxylic acid groups (broad SMARTS) is 1. The fraction of sp³-hybridized carbons (Fsp3) is 0.227. The Bertz CT molecular complexity index is 1660. The molecule has 4 rings (SSSR count). The molecule has 0 atom stereocenters. The summed E-state index contributed by atoms with van der Waals surface area (Å²) in [5.74, 6) is -0.813. The van der Waals surface area contributed by atoms with Crippen molar-refractivity contribution in [2.45, 2.75) is 42.0 Å². The van der Waals surface area contributed by atoms with Gasteiger partial charge in [0.2, 0.25) is 0 Å². The summed E-state index contributed by atoms with van der Waals surface area (Å²) in [6, 6.07) is 9.73. The second-order valence-electron chi connectivity index (χ2n) is 7.87. The molecule has 0 aliphatic heterocycles. The topological polar surface area (TPSA) is 179 Å². The third-order valence-corrected chi connectivity index (χ3v) is 7.12. The zero-order valence-electron chi connectivity index (χ0n) is 18.1. The van der Waals surface area contributed by atoms with Crippen molar-refractivity contribution in [3.8, 4) is 11.6 Å². The minimum Gasteiger partial charge on any atom is -0.744 e. The van der Waals surface area contributed by atoms with Crippen molar-refractivity contribution >= 4 is 48.1 Å². The van der Waals surface area contributed by atoms with Crippen LogP contribution in [-0.4, -0.2) is 42.0 Å². The highest BCUT2D eigenvalue weighted by Gasteiger charge is 2.24. The zero-order chi connectivity index (χ0) is 25.4. The van der Waals surface area contributed by atoms with Crippen LogP contribution in [0.2, 0.25) is 0 Å². The number of hydrogen-bond acceptors (Lipinski definition) is 8. The fourth-order valence-corrected chi connectivity index (χ4v) is 4.96. The molecule has 0 fully saturated rings. The number of benzene rings is 2. The van der Waals surface area contributed by atoms with Crippen molar-refractivity contribution in [1.82, 2.24) is 4.98 Å². The summed E-state index contributed by atoms with van der Waals surface area (Å²) in [4.78, 5) is 13.9. The van der Waals surface area contributed by atoms with Crippen LogP contribution in [0.1, 0.15) is 25.7 Å². The Labute approximate surface area is 200 Å². The first-order valence-electron chi connectivity index (χ1n) is 10.5. The summed E-state index contributed by atoms with van der Waals surface area (Å²) in [6.07, 6.45) is 3.74. The number of rotatable bonds is 9. The Morgan fingerprint density at radius 2 is 1.83 bits per heavy atom. The number of aliphatic carboxylic acids is 1. The Hall–Kier alpha value is -3.39. The van der Waals surface area contributed by atoms with E-state index in [0.29, 0.717) is 36.9 Å². The maximum atomic E-state index is 12.0. The second kappa shape index (κ2) is 9.34. The quantitative estimate of drug-likeness (QED) is 0.189. The third-order valence-electron chi connectivity index (χ3n) is 5.43. The van der Waals surface area contributed by atoms with Crippen LogP contribution < -0.4 is 4.57 Å². The van der Waals surface area contributed by atoms with Crippen molar-refractivity contribution in [2.24, 2.45) is 0 Å². The van der Waals surface area contributed by atoms with Crippen LogP contribution in [0.5, 0.6) is 0 Å². The largest absolute Gasteiger partial charge is 0.744 e. The van der Waals surface area contributed by atoms with Gasteiger partial charge in [-0.15, -0.1) is 0 Å². The van der Waals surface area contributed by atoms with E-state index in [4.69, 9.17) is 9.52 Å². The molecule has 2 N–H and O–H groups in total. The van der Waals surface area contributed by atoms with E-state index in [2.05, 4.69) is 4.98 Å². The highest BCUT2D eigenvalue weighted by molar-refractivity contribution is 7.86. The smallest absolute Gasteiger partial charge is 0.303 e. The average molecular weight is 521 g/mol. The molecule has 2 heterocycles. The molecule has 184 valence electrons. The van der Waals surface area contributed by atoms with Crippen molar-refractivity contribution in [1.29, 1.82) is 0 Å². The molecule has 0 aliphatic rings. The number of carbonyl (C=O) groups is 1. The first-order valence-corrected chi connectivity index (χ1v) is 13.3. The number of unbranched alkanes of at least 4 members (excludes halogenated alkanes) is 2. The van der Waals surface area contributed by atoms with Gasteiger partial charge < -0.3 is 14.1 Å². The molecule has 0 radical (unpaired) electrons. The van der Waals surface area contributed by atoms with Gasteiger partial charge in [-0.25, -0.2) is 13.4 Å². The molecule has 0 unspecified atom stereocenters. The van der Waals surface area contributed by atoms with Crippen LogP contribution >= 0.6 is 0 Å². The van der Waals surface area contributed by atoms with Gasteiger partial charge in [-0.3, -0.25) is 9.35 Å². The molecule has 13 heteroatoms. The molecule has 0 spiro atoms. The van der Waals surface area contributed by atoms with Crippen LogP contribution in [-0.2, 0) is 31.6 Å². The van der Waals surface area contributed by atoms with Gasteiger partial charge in [-0.1, -0.05) is 6.07 Å². The molecule has 4 aromatic rings. The Morgan fingerprint density at radius 1 is 1.06 bits per heavy atom. The summed E-state index contributed by atoms with van der Waals surface area (Å²) < 4.78 is 75.9. The van der Waals surface area contributed by atoms with Gasteiger partial charge in [-0.05, 0) is 42.5 Å². The predicted molar refractivity (Wildman–Crippen MR) is 121 cm³/mol. The third kappa shape index (κ3) is 5.32. The van der Waals surface area contributed by atoms with Crippen LogP contribution in [0.25, 0.3) is 33.5 Å². The number of carboxylic acids is 1. The average Bonchev–Trinajstić information content (AvgIpc) is 3.22. The number of fused-ring (bicyclic) bond motifs is 3. The zero-order valence-corrected chi connectivity index (χ0v) is 19.8. The Kier molecular flexibility index (Phi) is 6.60. The molecule has 2 aromatic carbocycles. The normalized spacial score (nSPS) is 12.4. The number of pyridine rings is 1. The Balaban J connectivity index is 1.82. The highest BCUT2D eigenvalue weighted by atomic mass is 32.2. The molecule has 2 aromatic heterocycles. The predicted octanol–water partition coefficient (Wildman–Crippen LogP) is 2.73. The molecule has 0 saturated heterocycles. The van der Waals surface area contributed by atoms with Crippen molar-refractivity contribution in [3.05, 3.63) is 48.7 Å². The lowest BCUT2D eigenvalue weighted by atomic mass is 10.1. The van der Waals surface area contributed by atoms with E-state index in [0.717, 1.165) is 18.2 Å². The van der Waals surface area contributed by atoms with Crippen LogP contribution in [0.15, 0.2) is 62.9 Å². The standard InChI is InChI=1S/C22H20N2O9S2/c25-19(26)7-2-1-4-10-24-11-5-3-6-17(24)22-23-20-16-9-8-15(34(27,28)29)12-14(16)13-18(21(20)33-22)35(30,31)32/h3,5-6,8-9,11-13H,1-2,4,7,10H2,(H2-,25,26,27,28,29,30,31,32). The number of aryl methyl sites for hydroxylation is 1. The maximum Gasteiger partial charge on any atom is 0.303 e. The summed E-state index contributed by atoms with van der Waals surface area (Å²) in [5, 5.41) is 9.16. The molecule has 0 bridgehead atoms. The van der Waals surface area contributed by atoms with Gasteiger partial charge in [0.25, 0.3) is 21.7 Å². The second-order valence-corrected chi connectivity index (χ2v) is 10.6. The van der Waals surface area contributed by atoms with Crippen LogP contribution in [0.4, 0.5) is 0 Å². The maximum absolute atomic E-state index is 12.0. The number of nitrogens with zero attached hydrogens (tertiary/aromatic N) is 2. The van der Waals surface area contributed by atoms with Crippen LogP contribution in [0.3, 0.4) is 0 Å². The van der Waals surface area contributed by atoms with Crippen LogP contribution in [0, 0.1) is 0 Å². The first kappa shape index (κ1) is 24.7. The summed E-state index contributed by atoms with van der Waals surface area (Å²) >= 11 is 0. The summed E-state index contributed by atoms with van der Waals surface area (Å²) in [7, 11) is -9.59. The van der Waals surface area contributed by atoms with E-state index in [1.54, 1.807) is 24.4 Å². The summed E-state index contributed by atoms with van der Waals surface area (Å²) in [6.45, 7) is 0.514. The number of oxazole rings is 1. The number of aromatic nitrogens is 2. The van der Waals surface area contributed by atoms with E-state index in [1.807, 2.05) is 4.57 Å². The van der Waals surface area contributed by atoms with Gasteiger partial charge in [0, 0.05) is 30.4 Å². The molecule has 0 saturated carbocycles. The van der Waals surface area contributed by atoms with Gasteiger partial charge >= 0.3 is 5.97 Å². The van der Waals surface area contributed by atoms with Gasteiger partial charge in [0.15, 0.2) is 11.8 Å². The highest BCUT2D eigenvalue weighted by Crippen LogP contribution is 2.35. The molecule has 35 heavy (non-hydrogen) atoms. The lowest BCUT2D eigenvalue weighted by molar-refractivity contribution is -0.687. The van der Waals surface area contributed by atoms with E-state index in [-0.39, 0.29) is 28.8 Å². The fourth-order valence-electron chi connectivity index (χ4n) is 3.81. The number of hydrogen-bond donors (Lipinski definition) is 2. The Morgan fingerprint density at radius 3 is 2.51 bits per heavy atom. The lowest BCUT2D eigenvalue weighted by Crippen LogP contribution is -2.35. The monoisotopic (exact) mass is 520 g/mol. The molecular formula is C22H20N2O9S2. The van der Waals surface area contributed by atoms with Gasteiger partial charge in [-0.2, -0.15) is 13.0 Å². The minimum atomic E-state index is -5.03. The van der Waals surface area contributed by atoms with Crippen molar-refractivity contribution < 1.29 is 44.8 Å². The molecule has 0 aliphatic carbocycles. The van der Waals surface area contributed by atoms with E-state index in [9.17, 15) is 30.7 Å². The first-order chi connectivity index (χ1) is 16.4. The van der Waals surface area contributed by atoms with Crippen molar-refractivity contribution in [2.75, 3.05) is 0 Å².